The van der Waals surface area contributed by atoms with E-state index in [0.29, 0.717) is 36.0 Å². The molecule has 2 aromatic carbocycles. The summed E-state index contributed by atoms with van der Waals surface area (Å²) in [6.07, 6.45) is 1.30. The van der Waals surface area contributed by atoms with Crippen molar-refractivity contribution in [2.75, 3.05) is 20.3 Å². The van der Waals surface area contributed by atoms with Crippen LogP contribution in [0.3, 0.4) is 0 Å². The molecule has 0 spiro atoms. The van der Waals surface area contributed by atoms with E-state index in [1.165, 1.54) is 6.08 Å². The second kappa shape index (κ2) is 8.99. The van der Waals surface area contributed by atoms with Crippen LogP contribution in [0.2, 0.25) is 0 Å². The largest absolute Gasteiger partial charge is 0.493 e. The van der Waals surface area contributed by atoms with Gasteiger partial charge < -0.3 is 19.3 Å². The number of carbonyl (C=O) groups is 1. The van der Waals surface area contributed by atoms with Gasteiger partial charge in [-0.05, 0) is 35.9 Å². The van der Waals surface area contributed by atoms with Gasteiger partial charge in [-0.2, -0.15) is 5.26 Å². The lowest BCUT2D eigenvalue weighted by molar-refractivity contribution is -0.132. The molecule has 0 radical (unpaired) electrons. The fourth-order valence-corrected chi connectivity index (χ4v) is 2.02. The average Bonchev–Trinajstić information content (AvgIpc) is 2.64. The Balaban J connectivity index is 1.86. The first-order valence-electron chi connectivity index (χ1n) is 7.48. The Labute approximate surface area is 145 Å². The van der Waals surface area contributed by atoms with E-state index in [0.717, 1.165) is 0 Å². The summed E-state index contributed by atoms with van der Waals surface area (Å²) in [5.74, 6) is 0.670. The lowest BCUT2D eigenvalue weighted by Crippen LogP contribution is -2.09. The highest BCUT2D eigenvalue weighted by molar-refractivity contribution is 5.96. The molecule has 0 amide bonds. The van der Waals surface area contributed by atoms with Crippen LogP contribution in [-0.2, 0) is 4.79 Å². The molecule has 2 rings (SSSR count). The van der Waals surface area contributed by atoms with Gasteiger partial charge in [0.2, 0.25) is 0 Å². The zero-order valence-corrected chi connectivity index (χ0v) is 13.6. The molecule has 6 heteroatoms. The summed E-state index contributed by atoms with van der Waals surface area (Å²) < 4.78 is 16.4. The van der Waals surface area contributed by atoms with Gasteiger partial charge in [-0.15, -0.1) is 0 Å². The van der Waals surface area contributed by atoms with E-state index in [2.05, 4.69) is 0 Å². The summed E-state index contributed by atoms with van der Waals surface area (Å²) in [5.41, 5.74) is 0.287. The summed E-state index contributed by atoms with van der Waals surface area (Å²) >= 11 is 0. The van der Waals surface area contributed by atoms with Crippen molar-refractivity contribution in [1.29, 1.82) is 5.26 Å². The molecule has 1 N–H and O–H groups in total. The van der Waals surface area contributed by atoms with E-state index >= 15 is 0 Å². The van der Waals surface area contributed by atoms with Crippen molar-refractivity contribution in [1.82, 2.24) is 0 Å². The molecule has 0 heterocycles. The number of aliphatic carboxylic acids is 1. The van der Waals surface area contributed by atoms with E-state index in [9.17, 15) is 4.79 Å². The van der Waals surface area contributed by atoms with E-state index in [4.69, 9.17) is 24.6 Å². The highest BCUT2D eigenvalue weighted by Crippen LogP contribution is 2.25. The number of benzene rings is 2. The van der Waals surface area contributed by atoms with Gasteiger partial charge in [0.25, 0.3) is 0 Å². The second-order valence-electron chi connectivity index (χ2n) is 4.89. The van der Waals surface area contributed by atoms with Crippen LogP contribution >= 0.6 is 0 Å². The molecular weight excluding hydrogens is 322 g/mol. The van der Waals surface area contributed by atoms with E-state index in [1.807, 2.05) is 24.3 Å². The molecule has 2 aromatic rings. The van der Waals surface area contributed by atoms with Gasteiger partial charge in [-0.3, -0.25) is 0 Å². The lowest BCUT2D eigenvalue weighted by Gasteiger charge is -2.11. The quantitative estimate of drug-likeness (QED) is 0.451. The van der Waals surface area contributed by atoms with Crippen LogP contribution in [0.5, 0.6) is 17.2 Å². The van der Waals surface area contributed by atoms with Crippen molar-refractivity contribution < 1.29 is 24.1 Å². The average molecular weight is 339 g/mol. The molecule has 0 saturated carbocycles. The van der Waals surface area contributed by atoms with E-state index in [-0.39, 0.29) is 5.57 Å². The first kappa shape index (κ1) is 17.9. The number of ether oxygens (including phenoxy) is 3. The zero-order chi connectivity index (χ0) is 18.1. The Morgan fingerprint density at radius 1 is 1.08 bits per heavy atom. The molecular formula is C19H17NO5. The fourth-order valence-electron chi connectivity index (χ4n) is 2.02. The Kier molecular flexibility index (Phi) is 6.43. The van der Waals surface area contributed by atoms with Crippen LogP contribution < -0.4 is 14.2 Å². The summed E-state index contributed by atoms with van der Waals surface area (Å²) in [4.78, 5) is 10.8. The van der Waals surface area contributed by atoms with Crippen LogP contribution in [0.15, 0.2) is 54.1 Å². The number of carboxylic acid groups (broad SMARTS) is 1. The van der Waals surface area contributed by atoms with Crippen molar-refractivity contribution in [2.24, 2.45) is 0 Å². The number of rotatable bonds is 8. The van der Waals surface area contributed by atoms with Crippen LogP contribution in [0.1, 0.15) is 5.56 Å². The van der Waals surface area contributed by atoms with Gasteiger partial charge in [0.1, 0.15) is 30.6 Å². The Morgan fingerprint density at radius 3 is 2.32 bits per heavy atom. The molecule has 0 fully saturated rings. The van der Waals surface area contributed by atoms with Gasteiger partial charge in [0, 0.05) is 0 Å². The van der Waals surface area contributed by atoms with Gasteiger partial charge in [0.15, 0.2) is 11.5 Å². The molecule has 0 aliphatic rings. The molecule has 128 valence electrons. The van der Waals surface area contributed by atoms with Crippen LogP contribution in [0.25, 0.3) is 6.08 Å². The highest BCUT2D eigenvalue weighted by Gasteiger charge is 2.06. The first-order valence-corrected chi connectivity index (χ1v) is 7.48. The lowest BCUT2D eigenvalue weighted by atomic mass is 10.1. The molecule has 0 saturated heterocycles. The summed E-state index contributed by atoms with van der Waals surface area (Å²) in [6.45, 7) is 0.686. The number of nitriles is 1. The van der Waals surface area contributed by atoms with Gasteiger partial charge in [-0.25, -0.2) is 4.79 Å². The number of hydrogen-bond acceptors (Lipinski definition) is 5. The Morgan fingerprint density at radius 2 is 1.72 bits per heavy atom. The third-order valence-corrected chi connectivity index (χ3v) is 3.22. The smallest absolute Gasteiger partial charge is 0.346 e. The number of carboxylic acids is 1. The minimum Gasteiger partial charge on any atom is -0.493 e. The summed E-state index contributed by atoms with van der Waals surface area (Å²) in [7, 11) is 1.58. The predicted molar refractivity (Wildman–Crippen MR) is 91.7 cm³/mol. The third kappa shape index (κ3) is 5.29. The molecule has 6 nitrogen and oxygen atoms in total. The van der Waals surface area contributed by atoms with Crippen LogP contribution in [0, 0.1) is 11.3 Å². The predicted octanol–water partition coefficient (Wildman–Crippen LogP) is 3.14. The normalized spacial score (nSPS) is 10.6. The van der Waals surface area contributed by atoms with Gasteiger partial charge in [0.05, 0.1) is 7.11 Å². The zero-order valence-electron chi connectivity index (χ0n) is 13.6. The number of hydrogen-bond donors (Lipinski definition) is 1. The second-order valence-corrected chi connectivity index (χ2v) is 4.89. The molecule has 25 heavy (non-hydrogen) atoms. The molecule has 0 aromatic heterocycles. The minimum absolute atomic E-state index is 0.320. The standard InChI is InChI=1S/C19H17NO5/c1-23-17-4-2-3-5-18(17)25-11-10-24-16-8-6-14(7-9-16)12-15(13-20)19(21)22/h2-9,12H,10-11H2,1H3,(H,21,22). The van der Waals surface area contributed by atoms with Crippen LogP contribution in [-0.4, -0.2) is 31.4 Å². The third-order valence-electron chi connectivity index (χ3n) is 3.22. The molecule has 0 aliphatic heterocycles. The SMILES string of the molecule is COc1ccccc1OCCOc1ccc(C=C(C#N)C(=O)O)cc1. The summed E-state index contributed by atoms with van der Waals surface area (Å²) in [5, 5.41) is 17.6. The van der Waals surface area contributed by atoms with Crippen molar-refractivity contribution in [2.45, 2.75) is 0 Å². The van der Waals surface area contributed by atoms with Crippen LogP contribution in [0.4, 0.5) is 0 Å². The van der Waals surface area contributed by atoms with E-state index in [1.54, 1.807) is 37.4 Å². The van der Waals surface area contributed by atoms with Gasteiger partial charge >= 0.3 is 5.97 Å². The fraction of sp³-hybridized carbons (Fsp3) is 0.158. The molecule has 0 atom stereocenters. The molecule has 0 aliphatic carbocycles. The number of para-hydroxylation sites is 2. The Bertz CT molecular complexity index is 790. The number of methoxy groups -OCH3 is 1. The topological polar surface area (TPSA) is 88.8 Å². The maximum Gasteiger partial charge on any atom is 0.346 e. The maximum atomic E-state index is 10.8. The van der Waals surface area contributed by atoms with Crippen molar-refractivity contribution in [3.8, 4) is 23.3 Å². The number of nitrogens with zero attached hydrogens (tertiary/aromatic N) is 1. The minimum atomic E-state index is -1.25. The van der Waals surface area contributed by atoms with Gasteiger partial charge in [-0.1, -0.05) is 24.3 Å². The summed E-state index contributed by atoms with van der Waals surface area (Å²) in [6, 6.07) is 15.7. The Hall–Kier alpha value is -3.46. The van der Waals surface area contributed by atoms with E-state index < -0.39 is 5.97 Å². The monoisotopic (exact) mass is 339 g/mol. The first-order chi connectivity index (χ1) is 12.1. The van der Waals surface area contributed by atoms with Crippen molar-refractivity contribution in [3.63, 3.8) is 0 Å². The highest BCUT2D eigenvalue weighted by atomic mass is 16.5. The van der Waals surface area contributed by atoms with Crippen molar-refractivity contribution >= 4 is 12.0 Å². The molecule has 0 unspecified atom stereocenters. The molecule has 0 bridgehead atoms. The maximum absolute atomic E-state index is 10.8. The van der Waals surface area contributed by atoms with Crippen molar-refractivity contribution in [3.05, 3.63) is 59.7 Å².